The maximum Gasteiger partial charge on any atom is 0.119 e. The Hall–Kier alpha value is -1.80. The van der Waals surface area contributed by atoms with E-state index in [2.05, 4.69) is 41.7 Å². The average Bonchev–Trinajstić information content (AvgIpc) is 3.02. The van der Waals surface area contributed by atoms with Crippen molar-refractivity contribution < 1.29 is 4.74 Å². The van der Waals surface area contributed by atoms with E-state index in [4.69, 9.17) is 4.74 Å². The van der Waals surface area contributed by atoms with Gasteiger partial charge in [-0.2, -0.15) is 0 Å². The third-order valence-corrected chi connectivity index (χ3v) is 3.78. The summed E-state index contributed by atoms with van der Waals surface area (Å²) in [5.41, 5.74) is 3.83. The van der Waals surface area contributed by atoms with E-state index >= 15 is 0 Å². The first-order valence-electron chi connectivity index (χ1n) is 6.84. The van der Waals surface area contributed by atoms with Crippen molar-refractivity contribution in [1.29, 1.82) is 0 Å². The highest BCUT2D eigenvalue weighted by atomic mass is 16.5. The van der Waals surface area contributed by atoms with E-state index in [1.54, 1.807) is 7.11 Å². The molecule has 1 atom stereocenters. The van der Waals surface area contributed by atoms with Gasteiger partial charge in [-0.25, -0.2) is 0 Å². The van der Waals surface area contributed by atoms with Crippen LogP contribution in [0.3, 0.4) is 0 Å². The second kappa shape index (κ2) is 5.45. The van der Waals surface area contributed by atoms with Gasteiger partial charge < -0.3 is 10.1 Å². The van der Waals surface area contributed by atoms with Crippen LogP contribution in [0.5, 0.6) is 5.75 Å². The number of nitrogens with one attached hydrogen (secondary N) is 1. The predicted octanol–water partition coefficient (Wildman–Crippen LogP) is 3.79. The van der Waals surface area contributed by atoms with Crippen LogP contribution in [0.15, 0.2) is 48.5 Å². The summed E-state index contributed by atoms with van der Waals surface area (Å²) in [6.45, 7) is 1.14. The van der Waals surface area contributed by atoms with Gasteiger partial charge in [0.05, 0.1) is 7.11 Å². The normalized spacial score (nSPS) is 18.5. The van der Waals surface area contributed by atoms with E-state index < -0.39 is 0 Å². The molecule has 2 nitrogen and oxygen atoms in total. The Labute approximate surface area is 114 Å². The molecule has 98 valence electrons. The Balaban J connectivity index is 1.84. The van der Waals surface area contributed by atoms with Crippen LogP contribution in [0.2, 0.25) is 0 Å². The molecule has 1 aliphatic rings. The molecule has 2 heteroatoms. The first-order chi connectivity index (χ1) is 9.36. The standard InChI is InChI=1S/C17H19NO/c1-19-16-5-2-4-15(12-16)13-7-9-14(10-8-13)17-6-3-11-18-17/h2,4-5,7-10,12,17-18H,3,6,11H2,1H3/t17-/m0/s1. The molecule has 0 bridgehead atoms. The van der Waals surface area contributed by atoms with Crippen molar-refractivity contribution in [3.05, 3.63) is 54.1 Å². The molecule has 2 aromatic carbocycles. The number of rotatable bonds is 3. The van der Waals surface area contributed by atoms with Gasteiger partial charge in [0.1, 0.15) is 5.75 Å². The molecule has 1 N–H and O–H groups in total. The zero-order valence-electron chi connectivity index (χ0n) is 11.2. The van der Waals surface area contributed by atoms with Gasteiger partial charge in [-0.05, 0) is 48.2 Å². The fraction of sp³-hybridized carbons (Fsp3) is 0.294. The van der Waals surface area contributed by atoms with E-state index in [9.17, 15) is 0 Å². The third kappa shape index (κ3) is 2.64. The van der Waals surface area contributed by atoms with Crippen molar-refractivity contribution in [2.24, 2.45) is 0 Å². The first kappa shape index (κ1) is 12.2. The van der Waals surface area contributed by atoms with Gasteiger partial charge in [-0.3, -0.25) is 0 Å². The van der Waals surface area contributed by atoms with Crippen molar-refractivity contribution in [3.8, 4) is 16.9 Å². The summed E-state index contributed by atoms with van der Waals surface area (Å²) < 4.78 is 5.27. The maximum absolute atomic E-state index is 5.27. The van der Waals surface area contributed by atoms with Gasteiger partial charge in [0.15, 0.2) is 0 Å². The van der Waals surface area contributed by atoms with Crippen LogP contribution in [0.25, 0.3) is 11.1 Å². The summed E-state index contributed by atoms with van der Waals surface area (Å²) in [5.74, 6) is 0.902. The first-order valence-corrected chi connectivity index (χ1v) is 6.84. The van der Waals surface area contributed by atoms with Crippen LogP contribution in [0, 0.1) is 0 Å². The summed E-state index contributed by atoms with van der Waals surface area (Å²) in [7, 11) is 1.70. The molecule has 19 heavy (non-hydrogen) atoms. The van der Waals surface area contributed by atoms with Gasteiger partial charge in [0, 0.05) is 6.04 Å². The lowest BCUT2D eigenvalue weighted by atomic mass is 10.00. The Bertz CT molecular complexity index is 541. The summed E-state index contributed by atoms with van der Waals surface area (Å²) in [5, 5.41) is 3.53. The summed E-state index contributed by atoms with van der Waals surface area (Å²) in [4.78, 5) is 0. The van der Waals surface area contributed by atoms with E-state index in [0.29, 0.717) is 6.04 Å². The van der Waals surface area contributed by atoms with Gasteiger partial charge >= 0.3 is 0 Å². The highest BCUT2D eigenvalue weighted by molar-refractivity contribution is 5.65. The topological polar surface area (TPSA) is 21.3 Å². The van der Waals surface area contributed by atoms with E-state index in [0.717, 1.165) is 12.3 Å². The summed E-state index contributed by atoms with van der Waals surface area (Å²) >= 11 is 0. The molecule has 3 rings (SSSR count). The van der Waals surface area contributed by atoms with Crippen LogP contribution in [-0.2, 0) is 0 Å². The Kier molecular flexibility index (Phi) is 3.51. The number of benzene rings is 2. The summed E-state index contributed by atoms with van der Waals surface area (Å²) in [6.07, 6.45) is 2.53. The van der Waals surface area contributed by atoms with Gasteiger partial charge in [0.2, 0.25) is 0 Å². The van der Waals surface area contributed by atoms with Crippen molar-refractivity contribution in [2.75, 3.05) is 13.7 Å². The fourth-order valence-electron chi connectivity index (χ4n) is 2.68. The van der Waals surface area contributed by atoms with E-state index in [1.807, 2.05) is 12.1 Å². The Morgan fingerprint density at radius 1 is 1.05 bits per heavy atom. The molecule has 0 aliphatic carbocycles. The smallest absolute Gasteiger partial charge is 0.119 e. The maximum atomic E-state index is 5.27. The minimum Gasteiger partial charge on any atom is -0.497 e. The van der Waals surface area contributed by atoms with Gasteiger partial charge in [-0.15, -0.1) is 0 Å². The Morgan fingerprint density at radius 3 is 2.58 bits per heavy atom. The Morgan fingerprint density at radius 2 is 1.89 bits per heavy atom. The van der Waals surface area contributed by atoms with Crippen molar-refractivity contribution in [2.45, 2.75) is 18.9 Å². The highest BCUT2D eigenvalue weighted by Gasteiger charge is 2.15. The van der Waals surface area contributed by atoms with Gasteiger partial charge in [0.25, 0.3) is 0 Å². The molecule has 2 aromatic rings. The molecule has 1 fully saturated rings. The lowest BCUT2D eigenvalue weighted by Crippen LogP contribution is -2.12. The predicted molar refractivity (Wildman–Crippen MR) is 78.4 cm³/mol. The molecular formula is C17H19NO. The van der Waals surface area contributed by atoms with Crippen LogP contribution in [0.1, 0.15) is 24.4 Å². The fourth-order valence-corrected chi connectivity index (χ4v) is 2.68. The molecule has 0 spiro atoms. The third-order valence-electron chi connectivity index (χ3n) is 3.78. The van der Waals surface area contributed by atoms with E-state index in [1.165, 1.54) is 29.5 Å². The zero-order chi connectivity index (χ0) is 13.1. The largest absolute Gasteiger partial charge is 0.497 e. The van der Waals surface area contributed by atoms with Gasteiger partial charge in [-0.1, -0.05) is 36.4 Å². The molecule has 0 radical (unpaired) electrons. The lowest BCUT2D eigenvalue weighted by molar-refractivity contribution is 0.415. The molecule has 0 saturated carbocycles. The van der Waals surface area contributed by atoms with Crippen LogP contribution in [0.4, 0.5) is 0 Å². The molecule has 0 aromatic heterocycles. The number of ether oxygens (including phenoxy) is 1. The molecule has 1 heterocycles. The van der Waals surface area contributed by atoms with Crippen LogP contribution in [-0.4, -0.2) is 13.7 Å². The molecule has 0 amide bonds. The quantitative estimate of drug-likeness (QED) is 0.898. The number of methoxy groups -OCH3 is 1. The lowest BCUT2D eigenvalue weighted by Gasteiger charge is -2.11. The van der Waals surface area contributed by atoms with Crippen LogP contribution < -0.4 is 10.1 Å². The monoisotopic (exact) mass is 253 g/mol. The van der Waals surface area contributed by atoms with Crippen molar-refractivity contribution >= 4 is 0 Å². The minimum atomic E-state index is 0.541. The minimum absolute atomic E-state index is 0.541. The second-order valence-electron chi connectivity index (χ2n) is 5.00. The van der Waals surface area contributed by atoms with E-state index in [-0.39, 0.29) is 0 Å². The molecular weight excluding hydrogens is 234 g/mol. The highest BCUT2D eigenvalue weighted by Crippen LogP contribution is 2.27. The zero-order valence-corrected chi connectivity index (χ0v) is 11.2. The van der Waals surface area contributed by atoms with Crippen molar-refractivity contribution in [3.63, 3.8) is 0 Å². The van der Waals surface area contributed by atoms with Crippen molar-refractivity contribution in [1.82, 2.24) is 5.32 Å². The average molecular weight is 253 g/mol. The molecule has 1 saturated heterocycles. The number of hydrogen-bond acceptors (Lipinski definition) is 2. The summed E-state index contributed by atoms with van der Waals surface area (Å²) in [6, 6.07) is 17.6. The SMILES string of the molecule is COc1cccc(-c2ccc([C@@H]3CCCN3)cc2)c1. The second-order valence-corrected chi connectivity index (χ2v) is 5.00. The van der Waals surface area contributed by atoms with Crippen LogP contribution >= 0.6 is 0 Å². The number of hydrogen-bond donors (Lipinski definition) is 1. The molecule has 1 aliphatic heterocycles. The molecule has 0 unspecified atom stereocenters.